The number of carbonyl (C=O) groups is 2. The number of pyridine rings is 1. The van der Waals surface area contributed by atoms with Crippen molar-refractivity contribution in [3.63, 3.8) is 0 Å². The number of hydrogen-bond donors (Lipinski definition) is 1. The number of amides is 1. The summed E-state index contributed by atoms with van der Waals surface area (Å²) in [5.74, 6) is -1.02. The van der Waals surface area contributed by atoms with Crippen LogP contribution in [-0.4, -0.2) is 42.0 Å². The van der Waals surface area contributed by atoms with Gasteiger partial charge >= 0.3 is 5.97 Å². The number of rotatable bonds is 4. The average molecular weight is 238 g/mol. The predicted molar refractivity (Wildman–Crippen MR) is 60.7 cm³/mol. The van der Waals surface area contributed by atoms with Gasteiger partial charge in [0, 0.05) is 13.2 Å². The van der Waals surface area contributed by atoms with E-state index in [2.05, 4.69) is 4.98 Å². The Hall–Kier alpha value is -2.11. The van der Waals surface area contributed by atoms with Crippen LogP contribution in [0.15, 0.2) is 23.1 Å². The number of esters is 1. The van der Waals surface area contributed by atoms with Crippen LogP contribution in [0.2, 0.25) is 0 Å². The van der Waals surface area contributed by atoms with Crippen molar-refractivity contribution in [3.05, 3.63) is 34.2 Å². The Labute approximate surface area is 98.2 Å². The summed E-state index contributed by atoms with van der Waals surface area (Å²) in [6.45, 7) is 1.76. The van der Waals surface area contributed by atoms with Gasteiger partial charge in [-0.05, 0) is 19.1 Å². The van der Waals surface area contributed by atoms with E-state index in [9.17, 15) is 14.4 Å². The van der Waals surface area contributed by atoms with Crippen molar-refractivity contribution in [1.82, 2.24) is 9.88 Å². The highest BCUT2D eigenvalue weighted by atomic mass is 16.5. The molecule has 1 amide bonds. The maximum Gasteiger partial charge on any atom is 0.325 e. The lowest BCUT2D eigenvalue weighted by atomic mass is 10.2. The fourth-order valence-corrected chi connectivity index (χ4v) is 1.27. The van der Waals surface area contributed by atoms with Gasteiger partial charge in [0.05, 0.1) is 6.61 Å². The average Bonchev–Trinajstić information content (AvgIpc) is 2.29. The third-order valence-corrected chi connectivity index (χ3v) is 2.07. The minimum atomic E-state index is -0.514. The van der Waals surface area contributed by atoms with E-state index in [1.54, 1.807) is 13.0 Å². The van der Waals surface area contributed by atoms with Crippen LogP contribution in [0.3, 0.4) is 0 Å². The molecule has 1 aromatic heterocycles. The molecular formula is C11H14N2O4. The fraction of sp³-hybridized carbons (Fsp3) is 0.364. The highest BCUT2D eigenvalue weighted by Crippen LogP contribution is 1.97. The summed E-state index contributed by atoms with van der Waals surface area (Å²) >= 11 is 0. The van der Waals surface area contributed by atoms with Crippen molar-refractivity contribution in [3.8, 4) is 0 Å². The van der Waals surface area contributed by atoms with Crippen molar-refractivity contribution in [2.45, 2.75) is 6.92 Å². The lowest BCUT2D eigenvalue weighted by Crippen LogP contribution is -2.35. The summed E-state index contributed by atoms with van der Waals surface area (Å²) < 4.78 is 4.71. The van der Waals surface area contributed by atoms with E-state index in [-0.39, 0.29) is 18.7 Å². The van der Waals surface area contributed by atoms with Gasteiger partial charge in [0.25, 0.3) is 11.5 Å². The van der Waals surface area contributed by atoms with E-state index >= 15 is 0 Å². The van der Waals surface area contributed by atoms with Gasteiger partial charge < -0.3 is 14.6 Å². The number of H-pyrrole nitrogens is 1. The van der Waals surface area contributed by atoms with Gasteiger partial charge in [-0.3, -0.25) is 14.4 Å². The molecule has 6 heteroatoms. The number of nitrogens with one attached hydrogen (secondary N) is 1. The highest BCUT2D eigenvalue weighted by molar-refractivity contribution is 5.95. The first-order valence-electron chi connectivity index (χ1n) is 5.15. The maximum absolute atomic E-state index is 11.8. The summed E-state index contributed by atoms with van der Waals surface area (Å²) in [6.07, 6.45) is 1.43. The molecular weight excluding hydrogens is 224 g/mol. The van der Waals surface area contributed by atoms with E-state index in [0.717, 1.165) is 4.90 Å². The van der Waals surface area contributed by atoms with E-state index in [1.165, 1.54) is 19.3 Å². The lowest BCUT2D eigenvalue weighted by Gasteiger charge is -2.15. The molecule has 0 unspecified atom stereocenters. The quantitative estimate of drug-likeness (QED) is 0.749. The first-order chi connectivity index (χ1) is 8.06. The zero-order valence-corrected chi connectivity index (χ0v) is 9.73. The van der Waals surface area contributed by atoms with Crippen molar-refractivity contribution >= 4 is 11.9 Å². The Kier molecular flexibility index (Phi) is 4.45. The SMILES string of the molecule is CCOC(=O)CN(C)C(=O)c1ccc[nH]c1=O. The number of carbonyl (C=O) groups excluding carboxylic acids is 2. The van der Waals surface area contributed by atoms with Crippen LogP contribution < -0.4 is 5.56 Å². The van der Waals surface area contributed by atoms with Crippen molar-refractivity contribution in [2.75, 3.05) is 20.2 Å². The topological polar surface area (TPSA) is 79.5 Å². The fourth-order valence-electron chi connectivity index (χ4n) is 1.27. The second kappa shape index (κ2) is 5.83. The van der Waals surface area contributed by atoms with Crippen LogP contribution in [0.25, 0.3) is 0 Å². The van der Waals surface area contributed by atoms with Gasteiger partial charge in [0.15, 0.2) is 0 Å². The number of hydrogen-bond acceptors (Lipinski definition) is 4. The van der Waals surface area contributed by atoms with Crippen LogP contribution in [0, 0.1) is 0 Å². The summed E-state index contributed by atoms with van der Waals surface area (Å²) in [7, 11) is 1.44. The molecule has 0 saturated carbocycles. The monoisotopic (exact) mass is 238 g/mol. The molecule has 1 N–H and O–H groups in total. The van der Waals surface area contributed by atoms with Crippen LogP contribution in [0.1, 0.15) is 17.3 Å². The molecule has 0 aromatic carbocycles. The van der Waals surface area contributed by atoms with Gasteiger partial charge in [0.1, 0.15) is 12.1 Å². The van der Waals surface area contributed by atoms with Gasteiger partial charge in [-0.2, -0.15) is 0 Å². The van der Waals surface area contributed by atoms with Crippen molar-refractivity contribution in [1.29, 1.82) is 0 Å². The number of nitrogens with zero attached hydrogens (tertiary/aromatic N) is 1. The third kappa shape index (κ3) is 3.44. The largest absolute Gasteiger partial charge is 0.465 e. The Balaban J connectivity index is 2.74. The molecule has 1 aromatic rings. The zero-order chi connectivity index (χ0) is 12.8. The molecule has 0 fully saturated rings. The van der Waals surface area contributed by atoms with E-state index < -0.39 is 17.4 Å². The molecule has 17 heavy (non-hydrogen) atoms. The first kappa shape index (κ1) is 13.0. The van der Waals surface area contributed by atoms with Gasteiger partial charge in [-0.1, -0.05) is 0 Å². The molecule has 92 valence electrons. The van der Waals surface area contributed by atoms with Crippen LogP contribution >= 0.6 is 0 Å². The molecule has 0 saturated heterocycles. The minimum absolute atomic E-state index is 0.000650. The maximum atomic E-state index is 11.8. The Morgan fingerprint density at radius 1 is 1.47 bits per heavy atom. The molecule has 1 heterocycles. The van der Waals surface area contributed by atoms with Gasteiger partial charge in [0.2, 0.25) is 0 Å². The molecule has 1 rings (SSSR count). The predicted octanol–water partition coefficient (Wildman–Crippen LogP) is 0.01000. The van der Waals surface area contributed by atoms with Crippen molar-refractivity contribution in [2.24, 2.45) is 0 Å². The number of likely N-dealkylation sites (N-methyl/N-ethyl adjacent to an activating group) is 1. The molecule has 0 atom stereocenters. The van der Waals surface area contributed by atoms with E-state index in [0.29, 0.717) is 0 Å². The first-order valence-corrected chi connectivity index (χ1v) is 5.15. The Morgan fingerprint density at radius 2 is 2.18 bits per heavy atom. The smallest absolute Gasteiger partial charge is 0.325 e. The summed E-state index contributed by atoms with van der Waals surface area (Å²) in [4.78, 5) is 37.9. The van der Waals surface area contributed by atoms with E-state index in [4.69, 9.17) is 4.74 Å². The summed E-state index contributed by atoms with van der Waals surface area (Å²) in [5.41, 5.74) is -0.479. The van der Waals surface area contributed by atoms with Crippen LogP contribution in [0.4, 0.5) is 0 Å². The number of aromatic nitrogens is 1. The number of ether oxygens (including phenoxy) is 1. The minimum Gasteiger partial charge on any atom is -0.465 e. The second-order valence-electron chi connectivity index (χ2n) is 3.38. The highest BCUT2D eigenvalue weighted by Gasteiger charge is 2.17. The Morgan fingerprint density at radius 3 is 2.76 bits per heavy atom. The van der Waals surface area contributed by atoms with Crippen molar-refractivity contribution < 1.29 is 14.3 Å². The molecule has 0 bridgehead atoms. The van der Waals surface area contributed by atoms with Gasteiger partial charge in [-0.15, -0.1) is 0 Å². The molecule has 0 spiro atoms. The lowest BCUT2D eigenvalue weighted by molar-refractivity contribution is -0.143. The second-order valence-corrected chi connectivity index (χ2v) is 3.38. The van der Waals surface area contributed by atoms with Crippen LogP contribution in [0.5, 0.6) is 0 Å². The number of aromatic amines is 1. The molecule has 6 nitrogen and oxygen atoms in total. The van der Waals surface area contributed by atoms with Crippen LogP contribution in [-0.2, 0) is 9.53 Å². The molecule has 0 aliphatic carbocycles. The molecule has 0 aliphatic rings. The van der Waals surface area contributed by atoms with Gasteiger partial charge in [-0.25, -0.2) is 0 Å². The molecule has 0 radical (unpaired) electrons. The molecule has 0 aliphatic heterocycles. The van der Waals surface area contributed by atoms with E-state index in [1.807, 2.05) is 0 Å². The normalized spacial score (nSPS) is 9.76. The third-order valence-electron chi connectivity index (χ3n) is 2.07. The Bertz CT molecular complexity index is 467. The summed E-state index contributed by atoms with van der Waals surface area (Å²) in [5, 5.41) is 0. The zero-order valence-electron chi connectivity index (χ0n) is 9.73. The summed E-state index contributed by atoms with van der Waals surface area (Å²) in [6, 6.07) is 2.95. The standard InChI is InChI=1S/C11H14N2O4/c1-3-17-9(14)7-13(2)11(16)8-5-4-6-12-10(8)15/h4-6H,3,7H2,1-2H3,(H,12,15).